The maximum Gasteiger partial charge on any atom is 0.311 e. The topological polar surface area (TPSA) is 111 Å². The minimum atomic E-state index is -3.26. The van der Waals surface area contributed by atoms with E-state index in [4.69, 9.17) is 26.8 Å². The second-order valence-corrected chi connectivity index (χ2v) is 8.75. The largest absolute Gasteiger partial charge is 0.493 e. The number of rotatable bonds is 7. The van der Waals surface area contributed by atoms with E-state index in [2.05, 4.69) is 5.32 Å². The highest BCUT2D eigenvalue weighted by Gasteiger charge is 2.36. The number of fused-ring (bicyclic) bond motifs is 1. The van der Waals surface area contributed by atoms with Crippen LogP contribution >= 0.6 is 11.6 Å². The fraction of sp³-hybridized carbons (Fsp3) is 0.280. The molecule has 0 saturated carbocycles. The molecule has 1 heterocycles. The first-order valence-corrected chi connectivity index (χ1v) is 11.3. The van der Waals surface area contributed by atoms with Crippen molar-refractivity contribution in [2.24, 2.45) is 5.92 Å². The average molecular weight is 505 g/mol. The summed E-state index contributed by atoms with van der Waals surface area (Å²) in [4.78, 5) is 23.8. The van der Waals surface area contributed by atoms with Crippen LogP contribution in [0.25, 0.3) is 0 Å². The number of amides is 1. The van der Waals surface area contributed by atoms with Gasteiger partial charge in [0, 0.05) is 28.5 Å². The third kappa shape index (κ3) is 5.57. The van der Waals surface area contributed by atoms with Crippen molar-refractivity contribution in [1.82, 2.24) is 5.32 Å². The molecule has 3 atom stereocenters. The zero-order valence-electron chi connectivity index (χ0n) is 18.4. The summed E-state index contributed by atoms with van der Waals surface area (Å²) in [5.41, 5.74) is 6.36. The number of aliphatic carboxylic acids is 1. The highest BCUT2D eigenvalue weighted by Crippen LogP contribution is 2.36. The smallest absolute Gasteiger partial charge is 0.311 e. The van der Waals surface area contributed by atoms with Gasteiger partial charge in [0.05, 0.1) is 24.4 Å². The maximum atomic E-state index is 14.4. The third-order valence-corrected chi connectivity index (χ3v) is 6.16. The van der Waals surface area contributed by atoms with Crippen LogP contribution in [0.2, 0.25) is 0 Å². The molecule has 7 nitrogen and oxygen atoms in total. The van der Waals surface area contributed by atoms with Gasteiger partial charge in [-0.3, -0.25) is 9.59 Å². The molecule has 2 aliphatic rings. The number of hydrogen-bond donors (Lipinski definition) is 3. The number of carboxylic acids is 1. The summed E-state index contributed by atoms with van der Waals surface area (Å²) >= 11 is 6.41. The summed E-state index contributed by atoms with van der Waals surface area (Å²) in [7, 11) is 0. The van der Waals surface area contributed by atoms with Crippen molar-refractivity contribution in [2.45, 2.75) is 23.8 Å². The van der Waals surface area contributed by atoms with Crippen LogP contribution < -0.4 is 15.8 Å². The van der Waals surface area contributed by atoms with Gasteiger partial charge in [-0.15, -0.1) is 11.6 Å². The van der Waals surface area contributed by atoms with Gasteiger partial charge in [-0.25, -0.2) is 0 Å². The van der Waals surface area contributed by atoms with Crippen molar-refractivity contribution in [3.8, 4) is 5.75 Å². The van der Waals surface area contributed by atoms with Gasteiger partial charge in [-0.1, -0.05) is 18.2 Å². The Balaban J connectivity index is 1.37. The van der Waals surface area contributed by atoms with Crippen LogP contribution in [0.5, 0.6) is 5.75 Å². The fourth-order valence-corrected chi connectivity index (χ4v) is 4.13. The number of nitrogens with one attached hydrogen (secondary N) is 1. The van der Waals surface area contributed by atoms with E-state index in [1.165, 1.54) is 48.5 Å². The lowest BCUT2D eigenvalue weighted by molar-refractivity contribution is -0.141. The number of hydrogen-bond acceptors (Lipinski definition) is 5. The molecule has 0 radical (unpaired) electrons. The number of benzene rings is 2. The predicted octanol–water partition coefficient (Wildman–Crippen LogP) is 4.09. The van der Waals surface area contributed by atoms with Gasteiger partial charge >= 0.3 is 5.97 Å². The minimum absolute atomic E-state index is 0.178. The molecule has 0 bridgehead atoms. The molecule has 1 amide bonds. The summed E-state index contributed by atoms with van der Waals surface area (Å²) in [6.45, 7) is -0.593. The number of alkyl halides is 3. The predicted molar refractivity (Wildman–Crippen MR) is 125 cm³/mol. The molecule has 0 aromatic heterocycles. The number of allylic oxidation sites excluding steroid dienone is 1. The highest BCUT2D eigenvalue weighted by atomic mass is 35.5. The Kier molecular flexibility index (Phi) is 6.98. The van der Waals surface area contributed by atoms with Crippen LogP contribution in [0.4, 0.5) is 14.5 Å². The molecule has 4 N–H and O–H groups in total. The van der Waals surface area contributed by atoms with Crippen molar-refractivity contribution < 1.29 is 33.0 Å². The van der Waals surface area contributed by atoms with Crippen molar-refractivity contribution in [3.05, 3.63) is 83.1 Å². The molecule has 184 valence electrons. The quantitative estimate of drug-likeness (QED) is 0.387. The SMILES string of the molecule is Nc1ccc(C(F)(F)CNC(=O)c2ccc(OC3C=C4OCCC(C(=O)O)C4=CC3Cl)cc2)cc1. The summed E-state index contributed by atoms with van der Waals surface area (Å²) in [6.07, 6.45) is 3.01. The third-order valence-electron chi connectivity index (χ3n) is 5.78. The summed E-state index contributed by atoms with van der Waals surface area (Å²) in [5, 5.41) is 11.0. The molecular weight excluding hydrogens is 482 g/mol. The second kappa shape index (κ2) is 9.95. The number of halogens is 3. The number of ether oxygens (including phenoxy) is 2. The maximum absolute atomic E-state index is 14.4. The van der Waals surface area contributed by atoms with E-state index in [0.717, 1.165) is 0 Å². The molecule has 0 spiro atoms. The molecule has 2 aromatic rings. The van der Waals surface area contributed by atoms with Crippen molar-refractivity contribution in [2.75, 3.05) is 18.9 Å². The second-order valence-electron chi connectivity index (χ2n) is 8.24. The Hall–Kier alpha value is -3.59. The Morgan fingerprint density at radius 3 is 2.49 bits per heavy atom. The highest BCUT2D eigenvalue weighted by molar-refractivity contribution is 6.22. The van der Waals surface area contributed by atoms with Gasteiger partial charge in [-0.2, -0.15) is 8.78 Å². The molecule has 10 heteroatoms. The summed E-state index contributed by atoms with van der Waals surface area (Å²) < 4.78 is 40.2. The number of nitrogen functional groups attached to an aromatic ring is 1. The molecule has 2 aromatic carbocycles. The molecule has 1 aliphatic carbocycles. The number of carboxylic acid groups (broad SMARTS) is 1. The molecule has 4 rings (SSSR count). The minimum Gasteiger partial charge on any atom is -0.493 e. The first kappa shape index (κ1) is 24.5. The standard InChI is InChI=1S/C25H23ClF2N2O5/c26-20-11-19-18(24(32)33)9-10-34-21(19)12-22(20)35-17-7-1-14(2-8-17)23(31)30-13-25(27,28)15-3-5-16(29)6-4-15/h1-8,11-12,18,20,22H,9-10,13,29H2,(H,30,31)(H,32,33). The Morgan fingerprint density at radius 1 is 1.14 bits per heavy atom. The molecule has 1 saturated heterocycles. The summed E-state index contributed by atoms with van der Waals surface area (Å²) in [6, 6.07) is 11.1. The fourth-order valence-electron chi connectivity index (χ4n) is 3.87. The van der Waals surface area contributed by atoms with Crippen LogP contribution in [0, 0.1) is 5.92 Å². The zero-order valence-corrected chi connectivity index (χ0v) is 19.2. The normalized spacial score (nSPS) is 21.6. The average Bonchev–Trinajstić information content (AvgIpc) is 2.83. The van der Waals surface area contributed by atoms with Crippen molar-refractivity contribution >= 4 is 29.2 Å². The van der Waals surface area contributed by atoms with E-state index in [1.807, 2.05) is 0 Å². The van der Waals surface area contributed by atoms with E-state index in [1.54, 1.807) is 12.2 Å². The Labute approximate surface area is 205 Å². The lowest BCUT2D eigenvalue weighted by atomic mass is 9.87. The van der Waals surface area contributed by atoms with Crippen LogP contribution in [-0.4, -0.2) is 41.6 Å². The number of carbonyl (C=O) groups excluding carboxylic acids is 1. The van der Waals surface area contributed by atoms with Crippen LogP contribution in [-0.2, 0) is 15.5 Å². The van der Waals surface area contributed by atoms with Gasteiger partial charge in [0.15, 0.2) is 0 Å². The Bertz CT molecular complexity index is 1170. The van der Waals surface area contributed by atoms with E-state index in [9.17, 15) is 23.5 Å². The van der Waals surface area contributed by atoms with Gasteiger partial charge in [0.2, 0.25) is 0 Å². The number of anilines is 1. The molecular formula is C25H23ClF2N2O5. The molecule has 1 fully saturated rings. The van der Waals surface area contributed by atoms with E-state index < -0.39 is 41.7 Å². The van der Waals surface area contributed by atoms with E-state index >= 15 is 0 Å². The molecule has 1 aliphatic heterocycles. The molecule has 3 unspecified atom stereocenters. The zero-order chi connectivity index (χ0) is 25.2. The molecule has 35 heavy (non-hydrogen) atoms. The van der Waals surface area contributed by atoms with E-state index in [-0.39, 0.29) is 17.7 Å². The van der Waals surface area contributed by atoms with Crippen LogP contribution in [0.1, 0.15) is 22.3 Å². The Morgan fingerprint density at radius 2 is 1.83 bits per heavy atom. The van der Waals surface area contributed by atoms with Crippen molar-refractivity contribution in [1.29, 1.82) is 0 Å². The lowest BCUT2D eigenvalue weighted by Gasteiger charge is -2.32. The number of nitrogens with two attached hydrogens (primary N) is 1. The number of carbonyl (C=O) groups is 2. The first-order valence-electron chi connectivity index (χ1n) is 10.9. The van der Waals surface area contributed by atoms with E-state index in [0.29, 0.717) is 29.2 Å². The summed E-state index contributed by atoms with van der Waals surface area (Å²) in [5.74, 6) is -4.71. The van der Waals surface area contributed by atoms with Gasteiger partial charge in [0.25, 0.3) is 11.8 Å². The van der Waals surface area contributed by atoms with Crippen LogP contribution in [0.3, 0.4) is 0 Å². The first-order chi connectivity index (χ1) is 16.6. The monoisotopic (exact) mass is 504 g/mol. The van der Waals surface area contributed by atoms with Gasteiger partial charge in [0.1, 0.15) is 17.6 Å². The van der Waals surface area contributed by atoms with Gasteiger partial charge in [-0.05, 0) is 42.8 Å². The lowest BCUT2D eigenvalue weighted by Crippen LogP contribution is -2.35. The van der Waals surface area contributed by atoms with Gasteiger partial charge < -0.3 is 25.6 Å². The van der Waals surface area contributed by atoms with Crippen molar-refractivity contribution in [3.63, 3.8) is 0 Å². The van der Waals surface area contributed by atoms with Crippen LogP contribution in [0.15, 0.2) is 72.0 Å².